The number of halogens is 2. The van der Waals surface area contributed by atoms with E-state index >= 15 is 0 Å². The van der Waals surface area contributed by atoms with Gasteiger partial charge in [0.05, 0.1) is 31.2 Å². The summed E-state index contributed by atoms with van der Waals surface area (Å²) < 4.78 is 10.2. The van der Waals surface area contributed by atoms with Crippen molar-refractivity contribution in [2.24, 2.45) is 0 Å². The van der Waals surface area contributed by atoms with Crippen molar-refractivity contribution in [3.63, 3.8) is 0 Å². The average Bonchev–Trinajstić information content (AvgIpc) is 2.63. The summed E-state index contributed by atoms with van der Waals surface area (Å²) in [4.78, 5) is 28.5. The Hall–Kier alpha value is -2.31. The predicted molar refractivity (Wildman–Crippen MR) is 98.7 cm³/mol. The molecule has 0 spiro atoms. The van der Waals surface area contributed by atoms with Gasteiger partial charge in [0, 0.05) is 0 Å². The third-order valence-corrected chi connectivity index (χ3v) is 4.02. The molecule has 6 nitrogen and oxygen atoms in total. The van der Waals surface area contributed by atoms with E-state index in [0.29, 0.717) is 11.3 Å². The fourth-order valence-electron chi connectivity index (χ4n) is 2.30. The second-order valence-corrected chi connectivity index (χ2v) is 6.07. The smallest absolute Gasteiger partial charge is 0.308 e. The van der Waals surface area contributed by atoms with Crippen LogP contribution in [-0.2, 0) is 9.53 Å². The van der Waals surface area contributed by atoms with Gasteiger partial charge in [-0.05, 0) is 36.8 Å². The van der Waals surface area contributed by atoms with E-state index in [2.05, 4.69) is 10.3 Å². The molecule has 0 radical (unpaired) electrons. The van der Waals surface area contributed by atoms with Crippen molar-refractivity contribution in [2.75, 3.05) is 13.7 Å². The maximum Gasteiger partial charge on any atom is 0.308 e. The molecular weight excluding hydrogens is 379 g/mol. The van der Waals surface area contributed by atoms with Crippen molar-refractivity contribution in [2.45, 2.75) is 19.4 Å². The number of pyridine rings is 1. The molecule has 0 fully saturated rings. The quantitative estimate of drug-likeness (QED) is 0.568. The van der Waals surface area contributed by atoms with Gasteiger partial charge in [0.2, 0.25) is 0 Å². The number of aromatic nitrogens is 1. The first kappa shape index (κ1) is 20.0. The van der Waals surface area contributed by atoms with Crippen LogP contribution in [0.2, 0.25) is 10.2 Å². The van der Waals surface area contributed by atoms with Crippen molar-refractivity contribution >= 4 is 35.1 Å². The van der Waals surface area contributed by atoms with Gasteiger partial charge >= 0.3 is 5.97 Å². The van der Waals surface area contributed by atoms with Crippen molar-refractivity contribution in [3.8, 4) is 5.75 Å². The zero-order chi connectivity index (χ0) is 19.1. The molecule has 138 valence electrons. The number of carbonyl (C=O) groups is 2. The molecule has 0 saturated carbocycles. The third-order valence-electron chi connectivity index (χ3n) is 3.50. The molecule has 1 heterocycles. The molecule has 1 unspecified atom stereocenters. The van der Waals surface area contributed by atoms with Crippen LogP contribution < -0.4 is 10.1 Å². The third kappa shape index (κ3) is 5.34. The molecular formula is C18H18Cl2N2O4. The van der Waals surface area contributed by atoms with E-state index in [1.807, 2.05) is 0 Å². The van der Waals surface area contributed by atoms with Gasteiger partial charge in [-0.3, -0.25) is 9.59 Å². The summed E-state index contributed by atoms with van der Waals surface area (Å²) in [7, 11) is 1.54. The molecule has 1 aromatic carbocycles. The average molecular weight is 397 g/mol. The summed E-state index contributed by atoms with van der Waals surface area (Å²) in [5.74, 6) is -0.384. The van der Waals surface area contributed by atoms with Gasteiger partial charge in [0.15, 0.2) is 0 Å². The highest BCUT2D eigenvalue weighted by atomic mass is 35.5. The minimum absolute atomic E-state index is 0.0177. The second kappa shape index (κ2) is 9.40. The zero-order valence-electron chi connectivity index (χ0n) is 14.3. The molecule has 26 heavy (non-hydrogen) atoms. The molecule has 1 amide bonds. The molecule has 2 rings (SSSR count). The van der Waals surface area contributed by atoms with Crippen LogP contribution in [0.1, 0.15) is 35.4 Å². The number of carbonyl (C=O) groups excluding carboxylic acids is 2. The number of esters is 1. The summed E-state index contributed by atoms with van der Waals surface area (Å²) >= 11 is 11.9. The van der Waals surface area contributed by atoms with Crippen molar-refractivity contribution in [1.29, 1.82) is 0 Å². The molecule has 1 N–H and O–H groups in total. The molecule has 0 aliphatic heterocycles. The maximum absolute atomic E-state index is 12.6. The second-order valence-electron chi connectivity index (χ2n) is 5.28. The fraction of sp³-hybridized carbons (Fsp3) is 0.278. The Kier molecular flexibility index (Phi) is 7.24. The Morgan fingerprint density at radius 2 is 2.00 bits per heavy atom. The van der Waals surface area contributed by atoms with Crippen LogP contribution in [0, 0.1) is 0 Å². The topological polar surface area (TPSA) is 77.5 Å². The largest absolute Gasteiger partial charge is 0.497 e. The van der Waals surface area contributed by atoms with Crippen molar-refractivity contribution in [3.05, 3.63) is 57.8 Å². The van der Waals surface area contributed by atoms with E-state index in [9.17, 15) is 9.59 Å². The molecule has 0 aliphatic rings. The molecule has 1 atom stereocenters. The number of amides is 1. The number of ether oxygens (including phenoxy) is 2. The predicted octanol–water partition coefficient (Wildman–Crippen LogP) is 3.82. The molecule has 8 heteroatoms. The molecule has 0 saturated heterocycles. The summed E-state index contributed by atoms with van der Waals surface area (Å²) in [6.07, 6.45) is -0.0507. The number of hydrogen-bond donors (Lipinski definition) is 1. The Balaban J connectivity index is 2.29. The van der Waals surface area contributed by atoms with Gasteiger partial charge < -0.3 is 14.8 Å². The number of nitrogens with zero attached hydrogens (tertiary/aromatic N) is 1. The molecule has 0 aliphatic carbocycles. The van der Waals surface area contributed by atoms with Crippen LogP contribution in [0.5, 0.6) is 5.75 Å². The summed E-state index contributed by atoms with van der Waals surface area (Å²) in [5.41, 5.74) is 0.667. The number of rotatable bonds is 7. The van der Waals surface area contributed by atoms with E-state index in [1.54, 1.807) is 31.2 Å². The highest BCUT2D eigenvalue weighted by Crippen LogP contribution is 2.24. The van der Waals surface area contributed by atoms with Crippen LogP contribution in [-0.4, -0.2) is 30.6 Å². The van der Waals surface area contributed by atoms with E-state index < -0.39 is 17.9 Å². The minimum Gasteiger partial charge on any atom is -0.497 e. The van der Waals surface area contributed by atoms with E-state index in [0.717, 1.165) is 0 Å². The van der Waals surface area contributed by atoms with E-state index in [1.165, 1.54) is 19.2 Å². The molecule has 2 aromatic rings. The fourth-order valence-corrected chi connectivity index (χ4v) is 2.64. The number of methoxy groups -OCH3 is 1. The Bertz CT molecular complexity index is 799. The lowest BCUT2D eigenvalue weighted by molar-refractivity contribution is -0.143. The Morgan fingerprint density at radius 1 is 1.23 bits per heavy atom. The lowest BCUT2D eigenvalue weighted by Crippen LogP contribution is -2.31. The highest BCUT2D eigenvalue weighted by molar-refractivity contribution is 6.34. The first-order valence-electron chi connectivity index (χ1n) is 7.87. The Labute approximate surface area is 161 Å². The SMILES string of the molecule is CCOC(=O)CC(NC(=O)c1nc(Cl)ccc1Cl)c1cccc(OC)c1. The van der Waals surface area contributed by atoms with Gasteiger partial charge in [-0.15, -0.1) is 0 Å². The first-order chi connectivity index (χ1) is 12.4. The number of hydrogen-bond acceptors (Lipinski definition) is 5. The van der Waals surface area contributed by atoms with Crippen LogP contribution in [0.4, 0.5) is 0 Å². The minimum atomic E-state index is -0.645. The van der Waals surface area contributed by atoms with Crippen LogP contribution in [0.15, 0.2) is 36.4 Å². The number of nitrogens with one attached hydrogen (secondary N) is 1. The van der Waals surface area contributed by atoms with Crippen molar-refractivity contribution in [1.82, 2.24) is 10.3 Å². The zero-order valence-corrected chi connectivity index (χ0v) is 15.8. The first-order valence-corrected chi connectivity index (χ1v) is 8.62. The highest BCUT2D eigenvalue weighted by Gasteiger charge is 2.22. The van der Waals surface area contributed by atoms with Gasteiger partial charge in [0.25, 0.3) is 5.91 Å². The monoisotopic (exact) mass is 396 g/mol. The van der Waals surface area contributed by atoms with E-state index in [4.69, 9.17) is 32.7 Å². The van der Waals surface area contributed by atoms with Gasteiger partial charge in [-0.25, -0.2) is 4.98 Å². The standard InChI is InChI=1S/C18H18Cl2N2O4/c1-3-26-16(23)10-14(11-5-4-6-12(9-11)25-2)21-18(24)17-13(19)7-8-15(20)22-17/h4-9,14H,3,10H2,1-2H3,(H,21,24). The Morgan fingerprint density at radius 3 is 2.69 bits per heavy atom. The van der Waals surface area contributed by atoms with Gasteiger partial charge in [-0.2, -0.15) is 0 Å². The lowest BCUT2D eigenvalue weighted by atomic mass is 10.0. The van der Waals surface area contributed by atoms with Crippen LogP contribution >= 0.6 is 23.2 Å². The van der Waals surface area contributed by atoms with Crippen molar-refractivity contribution < 1.29 is 19.1 Å². The maximum atomic E-state index is 12.6. The summed E-state index contributed by atoms with van der Waals surface area (Å²) in [6, 6.07) is 9.37. The summed E-state index contributed by atoms with van der Waals surface area (Å²) in [5, 5.41) is 3.06. The van der Waals surface area contributed by atoms with Gasteiger partial charge in [0.1, 0.15) is 16.6 Å². The van der Waals surface area contributed by atoms with Crippen LogP contribution in [0.3, 0.4) is 0 Å². The number of benzene rings is 1. The lowest BCUT2D eigenvalue weighted by Gasteiger charge is -2.19. The molecule has 1 aromatic heterocycles. The van der Waals surface area contributed by atoms with Gasteiger partial charge in [-0.1, -0.05) is 35.3 Å². The summed E-state index contributed by atoms with van der Waals surface area (Å²) in [6.45, 7) is 1.96. The van der Waals surface area contributed by atoms with E-state index in [-0.39, 0.29) is 28.9 Å². The van der Waals surface area contributed by atoms with Crippen LogP contribution in [0.25, 0.3) is 0 Å². The normalized spacial score (nSPS) is 11.5. The molecule has 0 bridgehead atoms.